The number of ketones is 1. The molecule has 3 atom stereocenters. The minimum absolute atomic E-state index is 0. The monoisotopic (exact) mass is 1900 g/mol. The molecule has 0 spiro atoms. The SMILES string of the molecule is C.CN1CCN(C)C(c2ccc(Nc3nc(Br)cn(C)c3=O)cc2)C1=O.Cc1c(N)cccc1-c1cn(C)c(=O)c(Nc2ccc(C3C(=O)N(C)CCN3C)cc2)n1.Cc1c(N)cccc1-c1cn(C)c(=O)c(Nc2ccc(C3C(=O)N(C)CCN3C)cc2)n1.Cc1c(N)cccc1B1OC(C)(C)C(C)(C)O1.O=C(O)c1cc2c(s1)C(=O)CCC2.O=C(O)c1cc2c(s1)CCCC2. The number of anilines is 9. The molecule has 3 amide bonds. The van der Waals surface area contributed by atoms with Gasteiger partial charge in [-0.1, -0.05) is 80.2 Å². The van der Waals surface area contributed by atoms with Gasteiger partial charge in [-0.25, -0.2) is 24.5 Å². The summed E-state index contributed by atoms with van der Waals surface area (Å²) >= 11 is 5.83. The molecular formula is C97H118BBrN18O13S2. The average molecular weight is 1900 g/mol. The van der Waals surface area contributed by atoms with Crippen LogP contribution in [0.15, 0.2) is 177 Å². The first-order valence-corrected chi connectivity index (χ1v) is 45.5. The summed E-state index contributed by atoms with van der Waals surface area (Å²) in [5.41, 5.74) is 32.9. The van der Waals surface area contributed by atoms with Crippen LogP contribution < -0.4 is 55.3 Å². The van der Waals surface area contributed by atoms with Crippen LogP contribution in [0, 0.1) is 20.8 Å². The lowest BCUT2D eigenvalue weighted by Crippen LogP contribution is -2.48. The number of nitrogens with two attached hydrogens (primary N) is 3. The molecular weight excluding hydrogens is 1780 g/mol. The largest absolute Gasteiger partial charge is 0.495 e. The van der Waals surface area contributed by atoms with Crippen LogP contribution in [0.25, 0.3) is 22.5 Å². The Bertz CT molecular complexity index is 6050. The van der Waals surface area contributed by atoms with E-state index < -0.39 is 11.9 Å². The van der Waals surface area contributed by atoms with Crippen LogP contribution in [-0.4, -0.2) is 204 Å². The van der Waals surface area contributed by atoms with Gasteiger partial charge in [-0.3, -0.25) is 48.3 Å². The molecule has 6 aliphatic rings. The smallest absolute Gasteiger partial charge is 0.477 e. The predicted molar refractivity (Wildman–Crippen MR) is 528 cm³/mol. The van der Waals surface area contributed by atoms with Crippen LogP contribution in [-0.2, 0) is 64.1 Å². The Morgan fingerprint density at radius 3 is 1.20 bits per heavy atom. The molecule has 4 saturated heterocycles. The molecule has 0 bridgehead atoms. The van der Waals surface area contributed by atoms with E-state index in [4.69, 9.17) is 36.7 Å². The van der Waals surface area contributed by atoms with Gasteiger partial charge in [0.05, 0.1) is 27.5 Å². The van der Waals surface area contributed by atoms with Crippen molar-refractivity contribution < 1.29 is 48.3 Å². The molecule has 31 nitrogen and oxygen atoms in total. The molecule has 9 heterocycles. The second-order valence-corrected chi connectivity index (χ2v) is 37.6. The second-order valence-electron chi connectivity index (χ2n) is 34.6. The highest BCUT2D eigenvalue weighted by Gasteiger charge is 2.52. The number of aromatic nitrogens is 6. The fourth-order valence-electron chi connectivity index (χ4n) is 15.8. The van der Waals surface area contributed by atoms with Gasteiger partial charge in [0.2, 0.25) is 17.7 Å². The molecule has 2 aliphatic carbocycles. The van der Waals surface area contributed by atoms with Gasteiger partial charge in [-0.05, 0) is 241 Å². The fourth-order valence-corrected chi connectivity index (χ4v) is 18.4. The van der Waals surface area contributed by atoms with E-state index in [1.807, 2.05) is 197 Å². The Labute approximate surface area is 785 Å². The summed E-state index contributed by atoms with van der Waals surface area (Å²) in [5.74, 6) is -0.664. The van der Waals surface area contributed by atoms with E-state index in [9.17, 15) is 43.2 Å². The minimum atomic E-state index is -0.938. The number of hydrogen-bond acceptors (Lipinski definition) is 25. The van der Waals surface area contributed by atoms with Crippen molar-refractivity contribution in [2.24, 2.45) is 21.1 Å². The van der Waals surface area contributed by atoms with Gasteiger partial charge < -0.3 is 81.1 Å². The first-order chi connectivity index (χ1) is 62.1. The number of carbonyl (C=O) groups is 6. The van der Waals surface area contributed by atoms with Crippen LogP contribution in [0.3, 0.4) is 0 Å². The Kier molecular flexibility index (Phi) is 32.5. The quantitative estimate of drug-likeness (QED) is 0.0370. The number of carboxylic acids is 2. The number of aryl methyl sites for hydroxylation is 6. The highest BCUT2D eigenvalue weighted by molar-refractivity contribution is 9.10. The van der Waals surface area contributed by atoms with Crippen LogP contribution in [0.2, 0.25) is 0 Å². The van der Waals surface area contributed by atoms with Gasteiger partial charge in [0, 0.05) is 157 Å². The molecule has 17 rings (SSSR count). The van der Waals surface area contributed by atoms with Crippen molar-refractivity contribution in [3.05, 3.63) is 258 Å². The number of piperazine rings is 3. The second kappa shape index (κ2) is 42.8. The summed E-state index contributed by atoms with van der Waals surface area (Å²) in [4.78, 5) is 135. The first kappa shape index (κ1) is 100. The Morgan fingerprint density at radius 2 is 0.811 bits per heavy atom. The van der Waals surface area contributed by atoms with Crippen molar-refractivity contribution in [1.82, 2.24) is 58.1 Å². The summed E-state index contributed by atoms with van der Waals surface area (Å²) < 4.78 is 17.1. The Morgan fingerprint density at radius 1 is 0.455 bits per heavy atom. The zero-order chi connectivity index (χ0) is 94.9. The van der Waals surface area contributed by atoms with Crippen molar-refractivity contribution in [2.45, 2.75) is 130 Å². The van der Waals surface area contributed by atoms with Crippen LogP contribution in [0.1, 0.15) is 157 Å². The normalized spacial score (nSPS) is 17.5. The number of nitrogens with one attached hydrogen (secondary N) is 3. The molecule has 11 N–H and O–H groups in total. The van der Waals surface area contributed by atoms with E-state index in [1.54, 1.807) is 60.5 Å². The number of carbonyl (C=O) groups excluding carboxylic acids is 4. The van der Waals surface area contributed by atoms with Crippen LogP contribution in [0.5, 0.6) is 0 Å². The number of benzene rings is 6. The van der Waals surface area contributed by atoms with Crippen molar-refractivity contribution >= 4 is 138 Å². The molecule has 696 valence electrons. The van der Waals surface area contributed by atoms with E-state index in [1.165, 1.54) is 48.3 Å². The summed E-state index contributed by atoms with van der Waals surface area (Å²) in [6.07, 6.45) is 11.8. The molecule has 132 heavy (non-hydrogen) atoms. The van der Waals surface area contributed by atoms with Gasteiger partial charge >= 0.3 is 19.1 Å². The van der Waals surface area contributed by atoms with Gasteiger partial charge in [0.15, 0.2) is 23.2 Å². The zero-order valence-electron chi connectivity index (χ0n) is 76.7. The molecule has 4 fully saturated rings. The van der Waals surface area contributed by atoms with Gasteiger partial charge in [-0.15, -0.1) is 22.7 Å². The highest BCUT2D eigenvalue weighted by atomic mass is 79.9. The number of hydrogen-bond donors (Lipinski definition) is 8. The molecule has 4 aliphatic heterocycles. The fraction of sp³-hybridized carbons (Fsp3) is 0.361. The number of carboxylic acid groups (broad SMARTS) is 2. The first-order valence-electron chi connectivity index (χ1n) is 43.1. The van der Waals surface area contributed by atoms with Crippen LogP contribution in [0.4, 0.5) is 51.6 Å². The summed E-state index contributed by atoms with van der Waals surface area (Å²) in [6, 6.07) is 42.4. The number of nitrogens with zero attached hydrogens (tertiary/aromatic N) is 12. The number of halogens is 1. The maximum Gasteiger partial charge on any atom is 0.495 e. The molecule has 3 unspecified atom stereocenters. The topological polar surface area (TPSA) is 400 Å². The highest BCUT2D eigenvalue weighted by Crippen LogP contribution is 2.39. The molecule has 11 aromatic rings. The van der Waals surface area contributed by atoms with E-state index in [-0.39, 0.29) is 106 Å². The van der Waals surface area contributed by atoms with E-state index in [0.717, 1.165) is 155 Å². The van der Waals surface area contributed by atoms with Gasteiger partial charge in [0.1, 0.15) is 32.5 Å². The number of likely N-dealkylation sites (N-methyl/N-ethyl adjacent to an activating group) is 6. The molecule has 35 heteroatoms. The number of amides is 3. The zero-order valence-corrected chi connectivity index (χ0v) is 79.9. The summed E-state index contributed by atoms with van der Waals surface area (Å²) in [5, 5.41) is 26.8. The predicted octanol–water partition coefficient (Wildman–Crippen LogP) is 13.6. The number of rotatable bonds is 14. The maximum atomic E-state index is 12.7. The Hall–Kier alpha value is -12.5. The van der Waals surface area contributed by atoms with E-state index in [2.05, 4.69) is 89.2 Å². The number of nitrogen functional groups attached to an aromatic ring is 3. The van der Waals surface area contributed by atoms with Crippen molar-refractivity contribution in [3.63, 3.8) is 0 Å². The minimum Gasteiger partial charge on any atom is -0.477 e. The summed E-state index contributed by atoms with van der Waals surface area (Å²) in [6.45, 7) is 18.7. The Balaban J connectivity index is 0.000000158. The molecule has 0 saturated carbocycles. The van der Waals surface area contributed by atoms with Crippen LogP contribution >= 0.6 is 38.6 Å². The van der Waals surface area contributed by atoms with Gasteiger partial charge in [0.25, 0.3) is 16.7 Å². The lowest BCUT2D eigenvalue weighted by molar-refractivity contribution is -0.140. The van der Waals surface area contributed by atoms with E-state index in [0.29, 0.717) is 43.5 Å². The van der Waals surface area contributed by atoms with Crippen molar-refractivity contribution in [1.29, 1.82) is 0 Å². The number of aromatic carboxylic acids is 2. The number of fused-ring (bicyclic) bond motifs is 2. The average Bonchev–Trinajstić information content (AvgIpc) is 1.66. The third-order valence-corrected chi connectivity index (χ3v) is 27.5. The lowest BCUT2D eigenvalue weighted by Gasteiger charge is -2.37. The number of thiophene rings is 2. The number of Topliss-reactive ketones (excluding diaryl/α,β-unsaturated/α-hetero) is 1. The maximum absolute atomic E-state index is 12.7. The summed E-state index contributed by atoms with van der Waals surface area (Å²) in [7, 11) is 16.1. The van der Waals surface area contributed by atoms with Crippen molar-refractivity contribution in [3.8, 4) is 22.5 Å². The third-order valence-electron chi connectivity index (χ3n) is 24.7. The van der Waals surface area contributed by atoms with Gasteiger partial charge in [-0.2, -0.15) is 0 Å². The van der Waals surface area contributed by atoms with Crippen molar-refractivity contribution in [2.75, 3.05) is 115 Å². The standard InChI is InChI=1S/2C24H28N6O2.C17H20BrN5O2.C13H20BNO2.C9H8O3S.C9H10O2S.CH4/c2*1-15-18(6-5-7-19(15)25)20-14-30(4)24(32)22(27-20)26-17-10-8-16(9-11-17)21-23(31)29(3)13-12-28(21)2;1-21-8-9-22(2)16(24)14(21)11-4-6-12(7-5-11)19-15-17(25)23(3)10-13(18)20-15;1-9-10(7-6-8-11(9)15)14-16-12(2,3)13(4,5)17-14;10-6-3-1-2-5-4-7(9(11)12)13-8(5)6;10-9(11)8-5-6-3-1-2-4-7(6)12-8;/h2*5-11,14,21H,12-13,25H2,1-4H3,(H,26,27);4-7,10,14H,8-9H2,1-3H3,(H,19,20);6-8H,15H2,1-5H3;4H,1-3H2,(H,11,12);5H,1-4H2,(H,10,11);1H4. The lowest BCUT2D eigenvalue weighted by atomic mass is 9.76. The molecule has 0 radical (unpaired) electrons. The molecule has 5 aromatic heterocycles. The molecule has 6 aromatic carbocycles. The van der Waals surface area contributed by atoms with E-state index >= 15 is 0 Å². The third kappa shape index (κ3) is 23.2.